The molecule has 0 saturated carbocycles. The molecule has 0 saturated heterocycles. The lowest BCUT2D eigenvalue weighted by Gasteiger charge is -2.24. The molecule has 0 bridgehead atoms. The number of nitrogens with zero attached hydrogens (tertiary/aromatic N) is 3. The van der Waals surface area contributed by atoms with Gasteiger partial charge in [0.2, 0.25) is 12.7 Å². The molecule has 202 valence electrons. The number of pyridine rings is 1. The second-order valence-corrected chi connectivity index (χ2v) is 11.4. The zero-order valence-electron chi connectivity index (χ0n) is 22.7. The van der Waals surface area contributed by atoms with Gasteiger partial charge in [0, 0.05) is 42.4 Å². The molecule has 3 aromatic rings. The highest BCUT2D eigenvalue weighted by molar-refractivity contribution is 5.68. The quantitative estimate of drug-likeness (QED) is 0.418. The van der Waals surface area contributed by atoms with E-state index in [-0.39, 0.29) is 24.5 Å². The highest BCUT2D eigenvalue weighted by atomic mass is 16.7. The Morgan fingerprint density at radius 3 is 2.74 bits per heavy atom. The van der Waals surface area contributed by atoms with E-state index in [1.54, 1.807) is 4.68 Å². The summed E-state index contributed by atoms with van der Waals surface area (Å²) in [5.74, 6) is 0.953. The lowest BCUT2D eigenvalue weighted by atomic mass is 9.82. The fourth-order valence-corrected chi connectivity index (χ4v) is 5.36. The second kappa shape index (κ2) is 10.7. The smallest absolute Gasteiger partial charge is 0.303 e. The van der Waals surface area contributed by atoms with E-state index in [0.717, 1.165) is 47.5 Å². The van der Waals surface area contributed by atoms with E-state index in [2.05, 4.69) is 44.1 Å². The summed E-state index contributed by atoms with van der Waals surface area (Å²) in [6.45, 7) is 7.01. The maximum absolute atomic E-state index is 11.8. The lowest BCUT2D eigenvalue weighted by molar-refractivity contribution is -0.137. The molecule has 8 nitrogen and oxygen atoms in total. The van der Waals surface area contributed by atoms with Crippen molar-refractivity contribution < 1.29 is 24.1 Å². The number of aromatic nitrogens is 3. The Morgan fingerprint density at radius 2 is 1.95 bits per heavy atom. The van der Waals surface area contributed by atoms with Crippen LogP contribution in [0, 0.1) is 0 Å². The summed E-state index contributed by atoms with van der Waals surface area (Å²) < 4.78 is 19.2. The van der Waals surface area contributed by atoms with Crippen molar-refractivity contribution in [2.45, 2.75) is 77.0 Å². The fourth-order valence-electron chi connectivity index (χ4n) is 5.36. The van der Waals surface area contributed by atoms with Crippen LogP contribution in [0.3, 0.4) is 0 Å². The Balaban J connectivity index is 1.30. The van der Waals surface area contributed by atoms with Crippen LogP contribution >= 0.6 is 0 Å². The van der Waals surface area contributed by atoms with Crippen LogP contribution in [0.4, 0.5) is 0 Å². The van der Waals surface area contributed by atoms with Crippen LogP contribution in [0.2, 0.25) is 0 Å². The van der Waals surface area contributed by atoms with Gasteiger partial charge in [-0.2, -0.15) is 5.10 Å². The number of hydrogen-bond acceptors (Lipinski definition) is 6. The van der Waals surface area contributed by atoms with Crippen LogP contribution in [0.1, 0.15) is 79.7 Å². The minimum absolute atomic E-state index is 0.0139. The maximum atomic E-state index is 11.8. The van der Waals surface area contributed by atoms with Gasteiger partial charge >= 0.3 is 5.97 Å². The molecule has 1 atom stereocenters. The molecule has 8 heteroatoms. The zero-order valence-corrected chi connectivity index (χ0v) is 22.7. The van der Waals surface area contributed by atoms with Gasteiger partial charge in [-0.15, -0.1) is 0 Å². The van der Waals surface area contributed by atoms with E-state index in [4.69, 9.17) is 19.2 Å². The first-order chi connectivity index (χ1) is 18.2. The van der Waals surface area contributed by atoms with Crippen LogP contribution in [-0.4, -0.2) is 39.2 Å². The minimum atomic E-state index is -0.852. The maximum Gasteiger partial charge on any atom is 0.303 e. The van der Waals surface area contributed by atoms with E-state index >= 15 is 0 Å². The Bertz CT molecular complexity index is 1320. The van der Waals surface area contributed by atoms with Gasteiger partial charge in [0.1, 0.15) is 0 Å². The number of aliphatic carboxylic acids is 1. The molecule has 3 heterocycles. The number of aryl methyl sites for hydroxylation is 3. The molecule has 1 aromatic carbocycles. The van der Waals surface area contributed by atoms with E-state index in [1.807, 2.05) is 19.2 Å². The van der Waals surface area contributed by atoms with Gasteiger partial charge in [0.25, 0.3) is 0 Å². The lowest BCUT2D eigenvalue weighted by Crippen LogP contribution is -2.15. The summed E-state index contributed by atoms with van der Waals surface area (Å²) in [5.41, 5.74) is 6.19. The number of benzene rings is 1. The molecule has 38 heavy (non-hydrogen) atoms. The average Bonchev–Trinajstić information content (AvgIpc) is 3.48. The molecule has 1 N–H and O–H groups in total. The molecule has 1 aliphatic carbocycles. The van der Waals surface area contributed by atoms with E-state index in [9.17, 15) is 9.90 Å². The van der Waals surface area contributed by atoms with Crippen molar-refractivity contribution in [1.82, 2.24) is 14.8 Å². The van der Waals surface area contributed by atoms with Crippen LogP contribution in [0.25, 0.3) is 0 Å². The number of carboxylic acid groups (broad SMARTS) is 1. The Labute approximate surface area is 223 Å². The molecule has 2 aromatic heterocycles. The van der Waals surface area contributed by atoms with Crippen molar-refractivity contribution in [3.8, 4) is 17.4 Å². The average molecular weight is 520 g/mol. The van der Waals surface area contributed by atoms with Gasteiger partial charge in [-0.05, 0) is 60.8 Å². The van der Waals surface area contributed by atoms with Crippen LogP contribution in [-0.2, 0) is 42.9 Å². The fraction of sp³-hybridized carbons (Fsp3) is 0.500. The molecule has 5 rings (SSSR count). The molecule has 1 aliphatic heterocycles. The Hall–Kier alpha value is -3.55. The first kappa shape index (κ1) is 26.1. The molecule has 0 radical (unpaired) electrons. The number of carboxylic acids is 1. The summed E-state index contributed by atoms with van der Waals surface area (Å²) in [4.78, 5) is 16.7. The highest BCUT2D eigenvalue weighted by Gasteiger charge is 2.29. The molecule has 0 amide bonds. The summed E-state index contributed by atoms with van der Waals surface area (Å²) in [5, 5.41) is 14.3. The number of carbonyl (C=O) groups is 1. The SMILES string of the molecule is Cn1nc(CC(CC(=O)O)c2cc3c(c(C(C)(C)C)c2)OCO3)cc1OCCc1ccc2c(n1)CCCC2. The monoisotopic (exact) mass is 519 g/mol. The second-order valence-electron chi connectivity index (χ2n) is 11.4. The van der Waals surface area contributed by atoms with E-state index in [1.165, 1.54) is 24.1 Å². The van der Waals surface area contributed by atoms with Gasteiger partial charge in [-0.3, -0.25) is 9.78 Å². The predicted octanol–water partition coefficient (Wildman–Crippen LogP) is 5.14. The van der Waals surface area contributed by atoms with Crippen molar-refractivity contribution in [1.29, 1.82) is 0 Å². The topological polar surface area (TPSA) is 95.7 Å². The number of rotatable bonds is 9. The third-order valence-corrected chi connectivity index (χ3v) is 7.38. The predicted molar refractivity (Wildman–Crippen MR) is 143 cm³/mol. The normalized spacial score (nSPS) is 15.3. The zero-order chi connectivity index (χ0) is 26.9. The van der Waals surface area contributed by atoms with Crippen LogP contribution in [0.15, 0.2) is 30.3 Å². The molecule has 0 spiro atoms. The van der Waals surface area contributed by atoms with Gasteiger partial charge in [0.05, 0.1) is 18.7 Å². The van der Waals surface area contributed by atoms with Gasteiger partial charge in [-0.25, -0.2) is 4.68 Å². The first-order valence-electron chi connectivity index (χ1n) is 13.5. The number of ether oxygens (including phenoxy) is 3. The Morgan fingerprint density at radius 1 is 1.13 bits per heavy atom. The number of fused-ring (bicyclic) bond motifs is 2. The van der Waals surface area contributed by atoms with Crippen LogP contribution in [0.5, 0.6) is 17.4 Å². The van der Waals surface area contributed by atoms with Gasteiger partial charge < -0.3 is 19.3 Å². The van der Waals surface area contributed by atoms with Crippen molar-refractivity contribution in [3.05, 3.63) is 64.1 Å². The van der Waals surface area contributed by atoms with E-state index < -0.39 is 5.97 Å². The summed E-state index contributed by atoms with van der Waals surface area (Å²) in [6, 6.07) is 10.2. The Kier molecular flexibility index (Phi) is 7.32. The van der Waals surface area contributed by atoms with Crippen molar-refractivity contribution in [2.24, 2.45) is 7.05 Å². The summed E-state index contributed by atoms with van der Waals surface area (Å²) in [6.07, 6.45) is 5.84. The molecule has 1 unspecified atom stereocenters. The summed E-state index contributed by atoms with van der Waals surface area (Å²) in [7, 11) is 1.85. The van der Waals surface area contributed by atoms with E-state index in [0.29, 0.717) is 24.7 Å². The highest BCUT2D eigenvalue weighted by Crippen LogP contribution is 2.44. The third-order valence-electron chi connectivity index (χ3n) is 7.38. The van der Waals surface area contributed by atoms with Gasteiger partial charge in [-0.1, -0.05) is 32.9 Å². The summed E-state index contributed by atoms with van der Waals surface area (Å²) >= 11 is 0. The molecular weight excluding hydrogens is 482 g/mol. The minimum Gasteiger partial charge on any atom is -0.481 e. The van der Waals surface area contributed by atoms with Crippen molar-refractivity contribution in [2.75, 3.05) is 13.4 Å². The van der Waals surface area contributed by atoms with Crippen molar-refractivity contribution >= 4 is 5.97 Å². The molecule has 2 aliphatic rings. The molecular formula is C30H37N3O5. The largest absolute Gasteiger partial charge is 0.481 e. The number of hydrogen-bond donors (Lipinski definition) is 1. The first-order valence-corrected chi connectivity index (χ1v) is 13.5. The van der Waals surface area contributed by atoms with Crippen LogP contribution < -0.4 is 14.2 Å². The van der Waals surface area contributed by atoms with Crippen molar-refractivity contribution in [3.63, 3.8) is 0 Å². The third kappa shape index (κ3) is 5.79. The van der Waals surface area contributed by atoms with Gasteiger partial charge in [0.15, 0.2) is 11.5 Å². The molecule has 0 fully saturated rings. The standard InChI is InChI=1S/C30H37N3O5/c1-30(2,3)24-14-21(15-26-29(24)38-18-37-26)20(16-28(34)35)13-23-17-27(33(4)32-23)36-12-11-22-10-9-19-7-5-6-8-25(19)31-22/h9-10,14-15,17,20H,5-8,11-13,16,18H2,1-4H3,(H,34,35).